The highest BCUT2D eigenvalue weighted by atomic mass is 35.5. The van der Waals surface area contributed by atoms with E-state index in [-0.39, 0.29) is 5.91 Å². The highest BCUT2D eigenvalue weighted by molar-refractivity contribution is 6.31. The summed E-state index contributed by atoms with van der Waals surface area (Å²) in [6.07, 6.45) is 1.38. The van der Waals surface area contributed by atoms with Crippen molar-refractivity contribution >= 4 is 17.5 Å². The summed E-state index contributed by atoms with van der Waals surface area (Å²) in [4.78, 5) is 14.6. The van der Waals surface area contributed by atoms with Crippen molar-refractivity contribution in [1.29, 1.82) is 0 Å². The highest BCUT2D eigenvalue weighted by Crippen LogP contribution is 2.24. The van der Waals surface area contributed by atoms with Gasteiger partial charge in [0.05, 0.1) is 17.8 Å². The average molecular weight is 361 g/mol. The second-order valence-electron chi connectivity index (χ2n) is 6.90. The minimum absolute atomic E-state index is 0.156. The second-order valence-corrected chi connectivity index (χ2v) is 7.31. The molecule has 2 N–H and O–H groups in total. The fourth-order valence-corrected chi connectivity index (χ4v) is 3.59. The number of nitrogens with zero attached hydrogens (tertiary/aromatic N) is 3. The number of aromatic nitrogens is 2. The van der Waals surface area contributed by atoms with E-state index in [1.54, 1.807) is 0 Å². The maximum absolute atomic E-state index is 12.7. The molecule has 2 aromatic rings. The van der Waals surface area contributed by atoms with Crippen LogP contribution in [0.3, 0.4) is 0 Å². The van der Waals surface area contributed by atoms with Crippen LogP contribution < -0.4 is 5.73 Å². The first-order chi connectivity index (χ1) is 11.9. The van der Waals surface area contributed by atoms with Gasteiger partial charge < -0.3 is 10.6 Å². The van der Waals surface area contributed by atoms with Crippen LogP contribution in [0.1, 0.15) is 28.9 Å². The number of aryl methyl sites for hydroxylation is 2. The number of nitrogens with two attached hydrogens (primary N) is 1. The highest BCUT2D eigenvalue weighted by Gasteiger charge is 2.26. The molecule has 1 aromatic heterocycles. The number of rotatable bonds is 4. The molecule has 0 radical (unpaired) electrons. The lowest BCUT2D eigenvalue weighted by Crippen LogP contribution is -2.31. The molecule has 25 heavy (non-hydrogen) atoms. The van der Waals surface area contributed by atoms with Gasteiger partial charge in [0.25, 0.3) is 0 Å². The number of carbonyl (C=O) groups is 1. The minimum atomic E-state index is 0.156. The van der Waals surface area contributed by atoms with Gasteiger partial charge in [0.1, 0.15) is 0 Å². The number of hydrogen-bond donors (Lipinski definition) is 1. The predicted octanol–water partition coefficient (Wildman–Crippen LogP) is 2.80. The molecule has 0 spiro atoms. The summed E-state index contributed by atoms with van der Waals surface area (Å²) >= 11 is 6.25. The van der Waals surface area contributed by atoms with Crippen LogP contribution in [0, 0.1) is 26.7 Å². The lowest BCUT2D eigenvalue weighted by molar-refractivity contribution is -0.129. The van der Waals surface area contributed by atoms with E-state index in [1.807, 2.05) is 48.6 Å². The Labute approximate surface area is 153 Å². The van der Waals surface area contributed by atoms with Crippen molar-refractivity contribution < 1.29 is 4.79 Å². The third-order valence-electron chi connectivity index (χ3n) is 5.14. The third-order valence-corrected chi connectivity index (χ3v) is 5.55. The molecule has 1 aliphatic heterocycles. The van der Waals surface area contributed by atoms with Crippen molar-refractivity contribution in [3.63, 3.8) is 0 Å². The lowest BCUT2D eigenvalue weighted by atomic mass is 10.1. The fourth-order valence-electron chi connectivity index (χ4n) is 3.41. The molecule has 1 saturated heterocycles. The Kier molecular flexibility index (Phi) is 5.16. The van der Waals surface area contributed by atoms with Gasteiger partial charge in [0, 0.05) is 29.4 Å². The molecule has 6 heteroatoms. The van der Waals surface area contributed by atoms with Crippen LogP contribution in [0.25, 0.3) is 5.69 Å². The van der Waals surface area contributed by atoms with Gasteiger partial charge in [-0.25, -0.2) is 4.68 Å². The molecule has 134 valence electrons. The largest absolute Gasteiger partial charge is 0.342 e. The molecule has 2 heterocycles. The summed E-state index contributed by atoms with van der Waals surface area (Å²) in [5, 5.41) is 5.34. The number of hydrogen-bond acceptors (Lipinski definition) is 3. The van der Waals surface area contributed by atoms with E-state index >= 15 is 0 Å². The van der Waals surface area contributed by atoms with Gasteiger partial charge in [-0.05, 0) is 57.4 Å². The van der Waals surface area contributed by atoms with Crippen LogP contribution in [0.2, 0.25) is 5.02 Å². The van der Waals surface area contributed by atoms with Crippen LogP contribution in [-0.4, -0.2) is 40.2 Å². The first-order valence-corrected chi connectivity index (χ1v) is 9.08. The van der Waals surface area contributed by atoms with Gasteiger partial charge in [0.15, 0.2) is 0 Å². The summed E-state index contributed by atoms with van der Waals surface area (Å²) in [6.45, 7) is 8.16. The van der Waals surface area contributed by atoms with Gasteiger partial charge in [-0.15, -0.1) is 0 Å². The Morgan fingerprint density at radius 1 is 1.36 bits per heavy atom. The van der Waals surface area contributed by atoms with Crippen molar-refractivity contribution in [3.8, 4) is 5.69 Å². The van der Waals surface area contributed by atoms with Crippen LogP contribution in [0.5, 0.6) is 0 Å². The third kappa shape index (κ3) is 3.58. The molecule has 1 atom stereocenters. The molecule has 0 bridgehead atoms. The molecule has 1 fully saturated rings. The second kappa shape index (κ2) is 7.18. The average Bonchev–Trinajstić information content (AvgIpc) is 3.17. The SMILES string of the molecule is Cc1ccc(-n2nc(C)c(CC(=O)N3CC[C@H](CN)C3)c2C)cc1Cl. The molecule has 1 amide bonds. The molecular weight excluding hydrogens is 336 g/mol. The number of benzene rings is 1. The number of likely N-dealkylation sites (tertiary alicyclic amines) is 1. The number of carbonyl (C=O) groups excluding carboxylic acids is 1. The zero-order chi connectivity index (χ0) is 18.1. The van der Waals surface area contributed by atoms with Crippen molar-refractivity contribution in [1.82, 2.24) is 14.7 Å². The van der Waals surface area contributed by atoms with E-state index in [9.17, 15) is 4.79 Å². The molecule has 0 unspecified atom stereocenters. The molecular formula is C19H25ClN4O. The predicted molar refractivity (Wildman–Crippen MR) is 100 cm³/mol. The number of halogens is 1. The Balaban J connectivity index is 1.82. The summed E-state index contributed by atoms with van der Waals surface area (Å²) < 4.78 is 1.87. The summed E-state index contributed by atoms with van der Waals surface area (Å²) in [7, 11) is 0. The van der Waals surface area contributed by atoms with Gasteiger partial charge >= 0.3 is 0 Å². The van der Waals surface area contributed by atoms with Crippen LogP contribution in [0.15, 0.2) is 18.2 Å². The van der Waals surface area contributed by atoms with Crippen molar-refractivity contribution in [2.75, 3.05) is 19.6 Å². The van der Waals surface area contributed by atoms with Crippen LogP contribution in [-0.2, 0) is 11.2 Å². The van der Waals surface area contributed by atoms with E-state index in [0.29, 0.717) is 23.9 Å². The van der Waals surface area contributed by atoms with Crippen LogP contribution in [0.4, 0.5) is 0 Å². The number of amides is 1. The lowest BCUT2D eigenvalue weighted by Gasteiger charge is -2.16. The maximum atomic E-state index is 12.7. The maximum Gasteiger partial charge on any atom is 0.227 e. The van der Waals surface area contributed by atoms with Gasteiger partial charge in [-0.2, -0.15) is 5.10 Å². The monoisotopic (exact) mass is 360 g/mol. The molecule has 1 aromatic carbocycles. The molecule has 1 aliphatic rings. The first kappa shape index (κ1) is 18.0. The Bertz CT molecular complexity index is 799. The topological polar surface area (TPSA) is 64.2 Å². The van der Waals surface area contributed by atoms with E-state index < -0.39 is 0 Å². The van der Waals surface area contributed by atoms with Crippen molar-refractivity contribution in [3.05, 3.63) is 45.7 Å². The Morgan fingerprint density at radius 3 is 2.76 bits per heavy atom. The summed E-state index contributed by atoms with van der Waals surface area (Å²) in [5.41, 5.74) is 10.5. The Morgan fingerprint density at radius 2 is 2.12 bits per heavy atom. The van der Waals surface area contributed by atoms with Crippen molar-refractivity contribution in [2.24, 2.45) is 11.7 Å². The molecule has 5 nitrogen and oxygen atoms in total. The van der Waals surface area contributed by atoms with Crippen LogP contribution >= 0.6 is 11.6 Å². The summed E-state index contributed by atoms with van der Waals surface area (Å²) in [5.74, 6) is 0.590. The van der Waals surface area contributed by atoms with Gasteiger partial charge in [-0.3, -0.25) is 4.79 Å². The quantitative estimate of drug-likeness (QED) is 0.911. The van der Waals surface area contributed by atoms with E-state index in [4.69, 9.17) is 17.3 Å². The fraction of sp³-hybridized carbons (Fsp3) is 0.474. The first-order valence-electron chi connectivity index (χ1n) is 8.70. The van der Waals surface area contributed by atoms with Crippen molar-refractivity contribution in [2.45, 2.75) is 33.6 Å². The van der Waals surface area contributed by atoms with E-state index in [0.717, 1.165) is 47.7 Å². The molecule has 0 saturated carbocycles. The molecule has 0 aliphatic carbocycles. The molecule has 3 rings (SSSR count). The smallest absolute Gasteiger partial charge is 0.227 e. The van der Waals surface area contributed by atoms with Gasteiger partial charge in [0.2, 0.25) is 5.91 Å². The Hall–Kier alpha value is -1.85. The zero-order valence-corrected chi connectivity index (χ0v) is 15.8. The summed E-state index contributed by atoms with van der Waals surface area (Å²) in [6, 6.07) is 5.89. The standard InChI is InChI=1S/C19H25ClN4O/c1-12-4-5-16(8-18(12)20)24-14(3)17(13(2)22-24)9-19(25)23-7-6-15(10-21)11-23/h4-5,8,15H,6-7,9-11,21H2,1-3H3/t15-/m1/s1. The zero-order valence-electron chi connectivity index (χ0n) is 15.1. The van der Waals surface area contributed by atoms with E-state index in [2.05, 4.69) is 5.10 Å². The normalized spacial score (nSPS) is 17.3. The van der Waals surface area contributed by atoms with E-state index in [1.165, 1.54) is 0 Å². The van der Waals surface area contributed by atoms with Gasteiger partial charge in [-0.1, -0.05) is 17.7 Å². The minimum Gasteiger partial charge on any atom is -0.342 e.